The van der Waals surface area contributed by atoms with Crippen LogP contribution in [0.1, 0.15) is 11.3 Å². The number of aromatic nitrogens is 3. The molecule has 0 amide bonds. The number of rotatable bonds is 4. The summed E-state index contributed by atoms with van der Waals surface area (Å²) in [5.74, 6) is 0. The fourth-order valence-electron chi connectivity index (χ4n) is 2.07. The molecule has 0 aliphatic carbocycles. The summed E-state index contributed by atoms with van der Waals surface area (Å²) < 4.78 is 1.08. The first-order valence-electron chi connectivity index (χ1n) is 6.69. The van der Waals surface area contributed by atoms with Gasteiger partial charge in [-0.1, -0.05) is 34.1 Å². The molecule has 0 aliphatic heterocycles. The van der Waals surface area contributed by atoms with E-state index in [9.17, 15) is 0 Å². The van der Waals surface area contributed by atoms with Crippen LogP contribution in [0.5, 0.6) is 0 Å². The summed E-state index contributed by atoms with van der Waals surface area (Å²) in [7, 11) is 0. The van der Waals surface area contributed by atoms with E-state index in [4.69, 9.17) is 0 Å². The lowest BCUT2D eigenvalue weighted by molar-refractivity contribution is 0.740. The summed E-state index contributed by atoms with van der Waals surface area (Å²) >= 11 is 3.47. The molecular weight excluding hydrogens is 328 g/mol. The zero-order valence-corrected chi connectivity index (χ0v) is 13.2. The number of aryl methyl sites for hydroxylation is 1. The number of halogens is 1. The van der Waals surface area contributed by atoms with E-state index in [0.717, 1.165) is 21.5 Å². The van der Waals surface area contributed by atoms with E-state index in [1.807, 2.05) is 36.4 Å². The van der Waals surface area contributed by atoms with Gasteiger partial charge in [0.15, 0.2) is 0 Å². The Hall–Kier alpha value is -2.14. The molecule has 0 saturated carbocycles. The van der Waals surface area contributed by atoms with E-state index in [1.165, 1.54) is 5.56 Å². The molecule has 4 nitrogen and oxygen atoms in total. The van der Waals surface area contributed by atoms with Crippen molar-refractivity contribution in [3.05, 3.63) is 70.5 Å². The largest absolute Gasteiger partial charge is 0.379 e. The Labute approximate surface area is 131 Å². The van der Waals surface area contributed by atoms with Gasteiger partial charge in [0.25, 0.3) is 0 Å². The van der Waals surface area contributed by atoms with Crippen LogP contribution in [-0.4, -0.2) is 15.0 Å². The van der Waals surface area contributed by atoms with E-state index < -0.39 is 0 Å². The maximum atomic E-state index is 4.48. The van der Waals surface area contributed by atoms with Gasteiger partial charge in [0.05, 0.1) is 18.4 Å². The molecule has 0 radical (unpaired) electrons. The van der Waals surface area contributed by atoms with E-state index in [1.54, 1.807) is 11.0 Å². The third-order valence-corrected chi connectivity index (χ3v) is 3.67. The van der Waals surface area contributed by atoms with Crippen LogP contribution in [-0.2, 0) is 6.54 Å². The van der Waals surface area contributed by atoms with E-state index >= 15 is 0 Å². The zero-order chi connectivity index (χ0) is 14.7. The molecule has 0 spiro atoms. The standard InChI is InChI=1S/C16H15BrN4/c1-12-9-13(17)7-8-16(12)18-10-14-11-19-21(20-14)15-5-3-2-4-6-15/h2-9,11,18H,10H2,1H3. The first-order valence-corrected chi connectivity index (χ1v) is 7.48. The summed E-state index contributed by atoms with van der Waals surface area (Å²) in [6.07, 6.45) is 1.79. The molecule has 0 bridgehead atoms. The fraction of sp³-hybridized carbons (Fsp3) is 0.125. The number of hydrogen-bond acceptors (Lipinski definition) is 3. The number of benzene rings is 2. The van der Waals surface area contributed by atoms with E-state index in [-0.39, 0.29) is 0 Å². The Morgan fingerprint density at radius 3 is 2.71 bits per heavy atom. The molecule has 21 heavy (non-hydrogen) atoms. The highest BCUT2D eigenvalue weighted by Crippen LogP contribution is 2.20. The maximum absolute atomic E-state index is 4.48. The van der Waals surface area contributed by atoms with Gasteiger partial charge in [-0.15, -0.1) is 0 Å². The molecule has 0 saturated heterocycles. The Morgan fingerprint density at radius 2 is 1.95 bits per heavy atom. The van der Waals surface area contributed by atoms with Gasteiger partial charge < -0.3 is 5.32 Å². The lowest BCUT2D eigenvalue weighted by Crippen LogP contribution is -2.03. The maximum Gasteiger partial charge on any atom is 0.102 e. The number of para-hydroxylation sites is 1. The minimum absolute atomic E-state index is 0.648. The molecule has 3 aromatic rings. The highest BCUT2D eigenvalue weighted by Gasteiger charge is 2.04. The average Bonchev–Trinajstić information content (AvgIpc) is 2.96. The van der Waals surface area contributed by atoms with E-state index in [2.05, 4.69) is 50.5 Å². The third-order valence-electron chi connectivity index (χ3n) is 3.17. The minimum Gasteiger partial charge on any atom is -0.379 e. The molecule has 3 rings (SSSR count). The zero-order valence-electron chi connectivity index (χ0n) is 11.6. The predicted octanol–water partition coefficient (Wildman–Crippen LogP) is 3.95. The second-order valence-corrected chi connectivity index (χ2v) is 5.69. The molecule has 1 N–H and O–H groups in total. The summed E-state index contributed by atoms with van der Waals surface area (Å²) in [6.45, 7) is 2.73. The Kier molecular flexibility index (Phi) is 4.01. The molecule has 1 aromatic heterocycles. The van der Waals surface area contributed by atoms with Crippen molar-refractivity contribution < 1.29 is 0 Å². The van der Waals surface area contributed by atoms with Crippen LogP contribution >= 0.6 is 15.9 Å². The van der Waals surface area contributed by atoms with E-state index in [0.29, 0.717) is 6.54 Å². The number of anilines is 1. The first-order chi connectivity index (χ1) is 10.2. The van der Waals surface area contributed by atoms with Crippen molar-refractivity contribution in [2.24, 2.45) is 0 Å². The van der Waals surface area contributed by atoms with Gasteiger partial charge in [-0.3, -0.25) is 0 Å². The molecule has 2 aromatic carbocycles. The van der Waals surface area contributed by atoms with Crippen molar-refractivity contribution in [1.29, 1.82) is 0 Å². The van der Waals surface area contributed by atoms with Crippen LogP contribution in [0.4, 0.5) is 5.69 Å². The third kappa shape index (κ3) is 3.31. The van der Waals surface area contributed by atoms with Crippen molar-refractivity contribution in [1.82, 2.24) is 15.0 Å². The molecule has 106 valence electrons. The fourth-order valence-corrected chi connectivity index (χ4v) is 2.55. The second-order valence-electron chi connectivity index (χ2n) is 4.77. The number of nitrogens with one attached hydrogen (secondary N) is 1. The van der Waals surface area contributed by atoms with Crippen molar-refractivity contribution in [3.8, 4) is 5.69 Å². The Morgan fingerprint density at radius 1 is 1.14 bits per heavy atom. The van der Waals surface area contributed by atoms with Crippen molar-refractivity contribution in [2.45, 2.75) is 13.5 Å². The molecule has 0 unspecified atom stereocenters. The molecule has 0 atom stereocenters. The average molecular weight is 343 g/mol. The quantitative estimate of drug-likeness (QED) is 0.780. The van der Waals surface area contributed by atoms with Gasteiger partial charge in [0, 0.05) is 10.2 Å². The smallest absolute Gasteiger partial charge is 0.102 e. The summed E-state index contributed by atoms with van der Waals surface area (Å²) in [5, 5.41) is 12.2. The van der Waals surface area contributed by atoms with Crippen LogP contribution in [0.2, 0.25) is 0 Å². The topological polar surface area (TPSA) is 42.7 Å². The normalized spacial score (nSPS) is 10.6. The van der Waals surface area contributed by atoms with Gasteiger partial charge in [0.2, 0.25) is 0 Å². The highest BCUT2D eigenvalue weighted by molar-refractivity contribution is 9.10. The Bertz CT molecular complexity index is 737. The van der Waals surface area contributed by atoms with Crippen molar-refractivity contribution in [2.75, 3.05) is 5.32 Å². The SMILES string of the molecule is Cc1cc(Br)ccc1NCc1cnn(-c2ccccc2)n1. The van der Waals surface area contributed by atoms with Crippen molar-refractivity contribution in [3.63, 3.8) is 0 Å². The first kappa shape index (κ1) is 13.8. The molecule has 5 heteroatoms. The van der Waals surface area contributed by atoms with Gasteiger partial charge in [-0.05, 0) is 42.8 Å². The monoisotopic (exact) mass is 342 g/mol. The van der Waals surface area contributed by atoms with Crippen LogP contribution in [0, 0.1) is 6.92 Å². The Balaban J connectivity index is 1.70. The molecular formula is C16H15BrN4. The summed E-state index contributed by atoms with van der Waals surface area (Å²) in [4.78, 5) is 1.64. The van der Waals surface area contributed by atoms with Crippen LogP contribution in [0.25, 0.3) is 5.69 Å². The van der Waals surface area contributed by atoms with Gasteiger partial charge in [-0.2, -0.15) is 15.0 Å². The highest BCUT2D eigenvalue weighted by atomic mass is 79.9. The van der Waals surface area contributed by atoms with Crippen LogP contribution in [0.15, 0.2) is 59.2 Å². The second kappa shape index (κ2) is 6.10. The lowest BCUT2D eigenvalue weighted by atomic mass is 10.2. The van der Waals surface area contributed by atoms with Crippen LogP contribution < -0.4 is 5.32 Å². The van der Waals surface area contributed by atoms with Gasteiger partial charge in [-0.25, -0.2) is 0 Å². The molecule has 1 heterocycles. The lowest BCUT2D eigenvalue weighted by Gasteiger charge is -2.08. The number of hydrogen-bond donors (Lipinski definition) is 1. The summed E-state index contributed by atoms with van der Waals surface area (Å²) in [5.41, 5.74) is 4.16. The predicted molar refractivity (Wildman–Crippen MR) is 87.6 cm³/mol. The summed E-state index contributed by atoms with van der Waals surface area (Å²) in [6, 6.07) is 16.1. The van der Waals surface area contributed by atoms with Gasteiger partial charge in [0.1, 0.15) is 5.69 Å². The number of nitrogens with zero attached hydrogens (tertiary/aromatic N) is 3. The van der Waals surface area contributed by atoms with Crippen LogP contribution in [0.3, 0.4) is 0 Å². The van der Waals surface area contributed by atoms with Gasteiger partial charge >= 0.3 is 0 Å². The molecule has 0 fully saturated rings. The van der Waals surface area contributed by atoms with Crippen molar-refractivity contribution >= 4 is 21.6 Å². The minimum atomic E-state index is 0.648. The molecule has 0 aliphatic rings.